The topological polar surface area (TPSA) is 89.6 Å². The van der Waals surface area contributed by atoms with Gasteiger partial charge in [-0.05, 0) is 12.5 Å². The van der Waals surface area contributed by atoms with Gasteiger partial charge in [0, 0.05) is 5.92 Å². The molecule has 0 aliphatic carbocycles. The summed E-state index contributed by atoms with van der Waals surface area (Å²) in [6.07, 6.45) is -2.37. The predicted octanol–water partition coefficient (Wildman–Crippen LogP) is 0.568. The van der Waals surface area contributed by atoms with E-state index in [-0.39, 0.29) is 0 Å². The van der Waals surface area contributed by atoms with E-state index in [9.17, 15) is 14.7 Å². The van der Waals surface area contributed by atoms with Crippen molar-refractivity contribution in [3.8, 4) is 0 Å². The van der Waals surface area contributed by atoms with E-state index < -0.39 is 30.0 Å². The summed E-state index contributed by atoms with van der Waals surface area (Å²) in [6, 6.07) is 9.08. The predicted molar refractivity (Wildman–Crippen MR) is 65.6 cm³/mol. The van der Waals surface area contributed by atoms with Gasteiger partial charge in [0.25, 0.3) is 5.91 Å². The highest BCUT2D eigenvalue weighted by Crippen LogP contribution is 2.19. The van der Waals surface area contributed by atoms with Crippen molar-refractivity contribution in [2.24, 2.45) is 5.73 Å². The maximum absolute atomic E-state index is 11.6. The second-order valence-corrected chi connectivity index (χ2v) is 4.13. The summed E-state index contributed by atoms with van der Waals surface area (Å²) in [5.41, 5.74) is 5.79. The number of amides is 1. The molecule has 1 rings (SSSR count). The van der Waals surface area contributed by atoms with Gasteiger partial charge in [-0.2, -0.15) is 0 Å². The zero-order chi connectivity index (χ0) is 13.7. The van der Waals surface area contributed by atoms with Crippen LogP contribution in [0.2, 0.25) is 0 Å². The molecule has 0 fully saturated rings. The molecule has 1 aromatic carbocycles. The summed E-state index contributed by atoms with van der Waals surface area (Å²) in [6.45, 7) is 3.07. The normalized spacial score (nSPS) is 15.5. The van der Waals surface area contributed by atoms with Gasteiger partial charge in [-0.1, -0.05) is 37.3 Å². The maximum atomic E-state index is 11.6. The molecule has 0 aromatic heterocycles. The quantitative estimate of drug-likeness (QED) is 0.748. The molecule has 0 aliphatic rings. The fourth-order valence-corrected chi connectivity index (χ4v) is 1.45. The average Bonchev–Trinajstić information content (AvgIpc) is 2.37. The molecule has 0 radical (unpaired) electrons. The van der Waals surface area contributed by atoms with Crippen molar-refractivity contribution in [3.63, 3.8) is 0 Å². The number of hydrogen-bond donors (Lipinski definition) is 2. The highest BCUT2D eigenvalue weighted by Gasteiger charge is 2.27. The lowest BCUT2D eigenvalue weighted by Crippen LogP contribution is -2.36. The van der Waals surface area contributed by atoms with Gasteiger partial charge in [0.05, 0.1) is 0 Å². The van der Waals surface area contributed by atoms with Crippen LogP contribution >= 0.6 is 0 Å². The first-order valence-corrected chi connectivity index (χ1v) is 5.66. The van der Waals surface area contributed by atoms with Crippen molar-refractivity contribution in [3.05, 3.63) is 35.9 Å². The Morgan fingerprint density at radius 3 is 2.28 bits per heavy atom. The van der Waals surface area contributed by atoms with Gasteiger partial charge >= 0.3 is 5.97 Å². The summed E-state index contributed by atoms with van der Waals surface area (Å²) in [4.78, 5) is 22.4. The first kappa shape index (κ1) is 14.2. The molecule has 0 bridgehead atoms. The van der Waals surface area contributed by atoms with Gasteiger partial charge in [0.1, 0.15) is 0 Å². The van der Waals surface area contributed by atoms with Gasteiger partial charge in [0.15, 0.2) is 12.2 Å². The van der Waals surface area contributed by atoms with Crippen molar-refractivity contribution in [1.82, 2.24) is 0 Å². The Hall–Kier alpha value is -1.88. The molecule has 0 spiro atoms. The molecule has 3 atom stereocenters. The van der Waals surface area contributed by atoms with Crippen LogP contribution in [-0.4, -0.2) is 29.2 Å². The number of benzene rings is 1. The molecule has 0 heterocycles. The Morgan fingerprint density at radius 2 is 1.78 bits per heavy atom. The standard InChI is InChI=1S/C13H17NO4/c1-8(10-6-4-3-5-7-10)11(15)13(17)18-9(2)12(14)16/h3-9,11,15H,1-2H3,(H2,14,16). The Balaban J connectivity index is 2.67. The summed E-state index contributed by atoms with van der Waals surface area (Å²) in [5, 5.41) is 9.84. The minimum atomic E-state index is -1.32. The summed E-state index contributed by atoms with van der Waals surface area (Å²) in [7, 11) is 0. The van der Waals surface area contributed by atoms with Crippen LogP contribution in [0, 0.1) is 0 Å². The number of esters is 1. The number of rotatable bonds is 5. The van der Waals surface area contributed by atoms with E-state index >= 15 is 0 Å². The molecule has 0 aliphatic heterocycles. The van der Waals surface area contributed by atoms with Crippen LogP contribution in [0.5, 0.6) is 0 Å². The first-order valence-electron chi connectivity index (χ1n) is 5.66. The van der Waals surface area contributed by atoms with Gasteiger partial charge < -0.3 is 15.6 Å². The summed E-state index contributed by atoms with van der Waals surface area (Å²) in [5.74, 6) is -2.01. The van der Waals surface area contributed by atoms with E-state index in [0.717, 1.165) is 5.56 Å². The van der Waals surface area contributed by atoms with Crippen LogP contribution in [0.25, 0.3) is 0 Å². The van der Waals surface area contributed by atoms with Gasteiger partial charge in [-0.25, -0.2) is 4.79 Å². The van der Waals surface area contributed by atoms with Crippen molar-refractivity contribution in [2.75, 3.05) is 0 Å². The number of nitrogens with two attached hydrogens (primary N) is 1. The van der Waals surface area contributed by atoms with E-state index in [4.69, 9.17) is 10.5 Å². The first-order chi connectivity index (χ1) is 8.43. The highest BCUT2D eigenvalue weighted by molar-refractivity contribution is 5.83. The Bertz CT molecular complexity index is 418. The molecule has 3 N–H and O–H groups in total. The second-order valence-electron chi connectivity index (χ2n) is 4.13. The molecule has 0 saturated heterocycles. The number of aliphatic hydroxyl groups excluding tert-OH is 1. The number of ether oxygens (including phenoxy) is 1. The lowest BCUT2D eigenvalue weighted by molar-refractivity contribution is -0.163. The number of primary amides is 1. The summed E-state index contributed by atoms with van der Waals surface area (Å²) >= 11 is 0. The molecule has 98 valence electrons. The molecule has 1 amide bonds. The van der Waals surface area contributed by atoms with Crippen LogP contribution in [0.3, 0.4) is 0 Å². The van der Waals surface area contributed by atoms with E-state index in [1.54, 1.807) is 19.1 Å². The van der Waals surface area contributed by atoms with E-state index in [1.165, 1.54) is 6.92 Å². The minimum Gasteiger partial charge on any atom is -0.451 e. The van der Waals surface area contributed by atoms with Crippen molar-refractivity contribution >= 4 is 11.9 Å². The van der Waals surface area contributed by atoms with Crippen LogP contribution in [0.4, 0.5) is 0 Å². The molecule has 3 unspecified atom stereocenters. The number of carbonyl (C=O) groups excluding carboxylic acids is 2. The zero-order valence-corrected chi connectivity index (χ0v) is 10.4. The van der Waals surface area contributed by atoms with Gasteiger partial charge in [0.2, 0.25) is 0 Å². The van der Waals surface area contributed by atoms with Crippen molar-refractivity contribution < 1.29 is 19.4 Å². The van der Waals surface area contributed by atoms with Crippen molar-refractivity contribution in [2.45, 2.75) is 32.0 Å². The van der Waals surface area contributed by atoms with E-state index in [0.29, 0.717) is 0 Å². The number of aliphatic hydroxyl groups is 1. The molecular formula is C13H17NO4. The van der Waals surface area contributed by atoms with Gasteiger partial charge in [-0.3, -0.25) is 4.79 Å². The Morgan fingerprint density at radius 1 is 1.22 bits per heavy atom. The van der Waals surface area contributed by atoms with Crippen LogP contribution in [0.1, 0.15) is 25.3 Å². The molecule has 18 heavy (non-hydrogen) atoms. The van der Waals surface area contributed by atoms with Gasteiger partial charge in [-0.15, -0.1) is 0 Å². The second kappa shape index (κ2) is 6.16. The lowest BCUT2D eigenvalue weighted by atomic mass is 9.95. The molecule has 5 nitrogen and oxygen atoms in total. The van der Waals surface area contributed by atoms with Crippen LogP contribution in [0.15, 0.2) is 30.3 Å². The number of carbonyl (C=O) groups is 2. The number of hydrogen-bond acceptors (Lipinski definition) is 4. The lowest BCUT2D eigenvalue weighted by Gasteiger charge is -2.19. The minimum absolute atomic E-state index is 0.418. The van der Waals surface area contributed by atoms with E-state index in [2.05, 4.69) is 0 Å². The summed E-state index contributed by atoms with van der Waals surface area (Å²) < 4.78 is 4.75. The van der Waals surface area contributed by atoms with E-state index in [1.807, 2.05) is 18.2 Å². The fraction of sp³-hybridized carbons (Fsp3) is 0.385. The average molecular weight is 251 g/mol. The zero-order valence-electron chi connectivity index (χ0n) is 10.4. The monoisotopic (exact) mass is 251 g/mol. The van der Waals surface area contributed by atoms with Crippen LogP contribution in [-0.2, 0) is 14.3 Å². The molecule has 0 saturated carbocycles. The SMILES string of the molecule is CC(OC(=O)C(O)C(C)c1ccccc1)C(N)=O. The molecule has 1 aromatic rings. The Kier molecular flexibility index (Phi) is 4.85. The Labute approximate surface area is 106 Å². The third-order valence-corrected chi connectivity index (χ3v) is 2.73. The van der Waals surface area contributed by atoms with Crippen LogP contribution < -0.4 is 5.73 Å². The third-order valence-electron chi connectivity index (χ3n) is 2.73. The van der Waals surface area contributed by atoms with Crippen molar-refractivity contribution in [1.29, 1.82) is 0 Å². The molecular weight excluding hydrogens is 234 g/mol. The maximum Gasteiger partial charge on any atom is 0.336 e. The third kappa shape index (κ3) is 3.56. The fourth-order valence-electron chi connectivity index (χ4n) is 1.45. The highest BCUT2D eigenvalue weighted by atomic mass is 16.6. The smallest absolute Gasteiger partial charge is 0.336 e. The molecule has 5 heteroatoms. The largest absolute Gasteiger partial charge is 0.451 e.